The molecular formula is C13H15F2N5. The Morgan fingerprint density at radius 2 is 1.95 bits per heavy atom. The largest absolute Gasteiger partial charge is 0.316 e. The molecule has 1 aromatic carbocycles. The molecule has 7 heteroatoms. The Morgan fingerprint density at radius 1 is 1.15 bits per heavy atom. The van der Waals surface area contributed by atoms with Gasteiger partial charge in [-0.3, -0.25) is 0 Å². The van der Waals surface area contributed by atoms with Gasteiger partial charge in [-0.2, -0.15) is 0 Å². The Balaban J connectivity index is 1.85. The predicted molar refractivity (Wildman–Crippen MR) is 68.5 cm³/mol. The molecule has 0 spiro atoms. The molecule has 2 aromatic rings. The van der Waals surface area contributed by atoms with Gasteiger partial charge in [-0.05, 0) is 24.6 Å². The van der Waals surface area contributed by atoms with E-state index >= 15 is 0 Å². The van der Waals surface area contributed by atoms with E-state index in [1.807, 2.05) is 0 Å². The van der Waals surface area contributed by atoms with Gasteiger partial charge in [-0.15, -0.1) is 15.0 Å². The smallest absolute Gasteiger partial charge is 0.179 e. The highest BCUT2D eigenvalue weighted by Crippen LogP contribution is 2.20. The van der Waals surface area contributed by atoms with Crippen molar-refractivity contribution in [1.29, 1.82) is 0 Å². The van der Waals surface area contributed by atoms with Gasteiger partial charge >= 0.3 is 0 Å². The SMILES string of the molecule is Fc1cc(F)cc(-n2nnc(C3CCCCNC3)n2)c1. The number of hydrogen-bond donors (Lipinski definition) is 1. The molecule has 1 N–H and O–H groups in total. The minimum atomic E-state index is -0.657. The molecule has 0 aliphatic carbocycles. The summed E-state index contributed by atoms with van der Waals surface area (Å²) in [7, 11) is 0. The maximum absolute atomic E-state index is 13.2. The molecule has 20 heavy (non-hydrogen) atoms. The fourth-order valence-corrected chi connectivity index (χ4v) is 2.39. The van der Waals surface area contributed by atoms with E-state index < -0.39 is 11.6 Å². The maximum atomic E-state index is 13.2. The van der Waals surface area contributed by atoms with E-state index in [1.54, 1.807) is 0 Å². The third-order valence-corrected chi connectivity index (χ3v) is 3.42. The van der Waals surface area contributed by atoms with Crippen LogP contribution in [0.3, 0.4) is 0 Å². The number of hydrogen-bond acceptors (Lipinski definition) is 4. The number of benzene rings is 1. The third-order valence-electron chi connectivity index (χ3n) is 3.42. The van der Waals surface area contributed by atoms with Crippen molar-refractivity contribution in [2.75, 3.05) is 13.1 Å². The molecule has 1 aromatic heterocycles. The van der Waals surface area contributed by atoms with Crippen molar-refractivity contribution in [1.82, 2.24) is 25.5 Å². The first-order chi connectivity index (χ1) is 9.72. The lowest BCUT2D eigenvalue weighted by atomic mass is 10.0. The number of nitrogens with zero attached hydrogens (tertiary/aromatic N) is 4. The van der Waals surface area contributed by atoms with Gasteiger partial charge in [0.15, 0.2) is 5.82 Å². The summed E-state index contributed by atoms with van der Waals surface area (Å²) in [5.74, 6) is -0.501. The minimum Gasteiger partial charge on any atom is -0.316 e. The van der Waals surface area contributed by atoms with Crippen molar-refractivity contribution in [3.8, 4) is 5.69 Å². The van der Waals surface area contributed by atoms with E-state index in [9.17, 15) is 8.78 Å². The zero-order chi connectivity index (χ0) is 13.9. The topological polar surface area (TPSA) is 55.6 Å². The zero-order valence-corrected chi connectivity index (χ0v) is 10.9. The molecule has 1 aliphatic heterocycles. The van der Waals surface area contributed by atoms with E-state index in [0.29, 0.717) is 5.82 Å². The molecule has 1 aliphatic rings. The first-order valence-electron chi connectivity index (χ1n) is 6.69. The summed E-state index contributed by atoms with van der Waals surface area (Å²) in [5.41, 5.74) is 0.239. The molecule has 1 fully saturated rings. The van der Waals surface area contributed by atoms with Crippen molar-refractivity contribution in [2.45, 2.75) is 25.2 Å². The predicted octanol–water partition coefficient (Wildman–Crippen LogP) is 1.80. The van der Waals surface area contributed by atoms with E-state index in [4.69, 9.17) is 0 Å². The molecule has 3 rings (SSSR count). The van der Waals surface area contributed by atoms with Crippen LogP contribution in [0.1, 0.15) is 31.0 Å². The molecule has 0 saturated carbocycles. The average molecular weight is 279 g/mol. The van der Waals surface area contributed by atoms with Crippen LogP contribution in [-0.2, 0) is 0 Å². The lowest BCUT2D eigenvalue weighted by Gasteiger charge is -2.08. The van der Waals surface area contributed by atoms with Crippen LogP contribution in [-0.4, -0.2) is 33.3 Å². The lowest BCUT2D eigenvalue weighted by Crippen LogP contribution is -2.20. The quantitative estimate of drug-likeness (QED) is 0.910. The molecular weight excluding hydrogens is 264 g/mol. The molecule has 0 amide bonds. The highest BCUT2D eigenvalue weighted by atomic mass is 19.1. The fraction of sp³-hybridized carbons (Fsp3) is 0.462. The van der Waals surface area contributed by atoms with Gasteiger partial charge in [-0.25, -0.2) is 8.78 Å². The number of halogens is 2. The van der Waals surface area contributed by atoms with Crippen LogP contribution in [0.15, 0.2) is 18.2 Å². The van der Waals surface area contributed by atoms with Crippen LogP contribution in [0.2, 0.25) is 0 Å². The van der Waals surface area contributed by atoms with Crippen LogP contribution in [0.5, 0.6) is 0 Å². The van der Waals surface area contributed by atoms with E-state index in [2.05, 4.69) is 20.7 Å². The molecule has 106 valence electrons. The molecule has 0 bridgehead atoms. The second kappa shape index (κ2) is 5.62. The molecule has 1 saturated heterocycles. The van der Waals surface area contributed by atoms with Gasteiger partial charge in [0.25, 0.3) is 0 Å². The van der Waals surface area contributed by atoms with Crippen LogP contribution in [0.25, 0.3) is 5.69 Å². The van der Waals surface area contributed by atoms with Crippen LogP contribution in [0.4, 0.5) is 8.78 Å². The van der Waals surface area contributed by atoms with Crippen LogP contribution in [0, 0.1) is 11.6 Å². The van der Waals surface area contributed by atoms with Gasteiger partial charge < -0.3 is 5.32 Å². The summed E-state index contributed by atoms with van der Waals surface area (Å²) in [5, 5.41) is 15.5. The van der Waals surface area contributed by atoms with Crippen LogP contribution >= 0.6 is 0 Å². The Kier molecular flexibility index (Phi) is 3.68. The first-order valence-corrected chi connectivity index (χ1v) is 6.69. The Labute approximate surface area is 115 Å². The van der Waals surface area contributed by atoms with Gasteiger partial charge in [0.2, 0.25) is 0 Å². The number of nitrogens with one attached hydrogen (secondary N) is 1. The molecule has 1 atom stereocenters. The van der Waals surface area contributed by atoms with Crippen molar-refractivity contribution in [3.05, 3.63) is 35.7 Å². The average Bonchev–Trinajstić information content (AvgIpc) is 2.74. The second-order valence-corrected chi connectivity index (χ2v) is 4.96. The Bertz CT molecular complexity index is 570. The number of aromatic nitrogens is 4. The summed E-state index contributed by atoms with van der Waals surface area (Å²) >= 11 is 0. The highest BCUT2D eigenvalue weighted by Gasteiger charge is 2.19. The van der Waals surface area contributed by atoms with Gasteiger partial charge in [0.05, 0.1) is 5.69 Å². The van der Waals surface area contributed by atoms with Crippen molar-refractivity contribution in [3.63, 3.8) is 0 Å². The summed E-state index contributed by atoms with van der Waals surface area (Å²) < 4.78 is 26.4. The van der Waals surface area contributed by atoms with Crippen molar-refractivity contribution in [2.24, 2.45) is 0 Å². The normalized spacial score (nSPS) is 19.8. The van der Waals surface area contributed by atoms with Gasteiger partial charge in [-0.1, -0.05) is 6.42 Å². The Hall–Kier alpha value is -1.89. The molecule has 5 nitrogen and oxygen atoms in total. The summed E-state index contributed by atoms with van der Waals surface area (Å²) in [6.45, 7) is 1.81. The first kappa shape index (κ1) is 13.1. The zero-order valence-electron chi connectivity index (χ0n) is 10.9. The number of rotatable bonds is 2. The third kappa shape index (κ3) is 2.82. The van der Waals surface area contributed by atoms with Crippen molar-refractivity contribution < 1.29 is 8.78 Å². The fourth-order valence-electron chi connectivity index (χ4n) is 2.39. The maximum Gasteiger partial charge on any atom is 0.179 e. The summed E-state index contributed by atoms with van der Waals surface area (Å²) in [6.07, 6.45) is 3.25. The Morgan fingerprint density at radius 3 is 2.75 bits per heavy atom. The van der Waals surface area contributed by atoms with Crippen molar-refractivity contribution >= 4 is 0 Å². The van der Waals surface area contributed by atoms with Gasteiger partial charge in [0, 0.05) is 30.7 Å². The van der Waals surface area contributed by atoms with E-state index in [-0.39, 0.29) is 11.6 Å². The second-order valence-electron chi connectivity index (χ2n) is 4.96. The minimum absolute atomic E-state index is 0.199. The monoisotopic (exact) mass is 279 g/mol. The molecule has 2 heterocycles. The molecule has 1 unspecified atom stereocenters. The highest BCUT2D eigenvalue weighted by molar-refractivity contribution is 5.30. The van der Waals surface area contributed by atoms with Crippen LogP contribution < -0.4 is 5.32 Å². The van der Waals surface area contributed by atoms with E-state index in [1.165, 1.54) is 16.9 Å². The van der Waals surface area contributed by atoms with Gasteiger partial charge in [0.1, 0.15) is 11.6 Å². The molecule has 0 radical (unpaired) electrons. The standard InChI is InChI=1S/C13H15F2N5/c14-10-5-11(15)7-12(6-10)20-18-13(17-19-20)9-3-1-2-4-16-8-9/h5-7,9,16H,1-4,8H2. The summed E-state index contributed by atoms with van der Waals surface area (Å²) in [4.78, 5) is 1.17. The van der Waals surface area contributed by atoms with E-state index in [0.717, 1.165) is 38.4 Å². The lowest BCUT2D eigenvalue weighted by molar-refractivity contribution is 0.570. The summed E-state index contributed by atoms with van der Waals surface area (Å²) in [6, 6.07) is 3.18. The number of tetrazole rings is 1.